The summed E-state index contributed by atoms with van der Waals surface area (Å²) in [4.78, 5) is 2.54. The highest BCUT2D eigenvalue weighted by Gasteiger charge is 2.43. The third-order valence-electron chi connectivity index (χ3n) is 13.3. The summed E-state index contributed by atoms with van der Waals surface area (Å²) < 4.78 is 0. The molecule has 1 heteroatoms. The lowest BCUT2D eigenvalue weighted by Crippen LogP contribution is -2.28. The molecule has 0 unspecified atom stereocenters. The molecule has 284 valence electrons. The Bertz CT molecular complexity index is 2920. The van der Waals surface area contributed by atoms with Gasteiger partial charge in [0.25, 0.3) is 0 Å². The number of anilines is 3. The van der Waals surface area contributed by atoms with Gasteiger partial charge < -0.3 is 4.90 Å². The van der Waals surface area contributed by atoms with E-state index in [1.165, 1.54) is 121 Å². The van der Waals surface area contributed by atoms with Crippen LogP contribution in [0.3, 0.4) is 0 Å². The van der Waals surface area contributed by atoms with E-state index in [2.05, 4.69) is 205 Å². The van der Waals surface area contributed by atoms with Crippen LogP contribution in [0.15, 0.2) is 200 Å². The van der Waals surface area contributed by atoms with Crippen molar-refractivity contribution in [2.75, 3.05) is 4.90 Å². The monoisotopic (exact) mass is 757 g/mol. The third kappa shape index (κ3) is 6.07. The molecule has 3 aliphatic rings. The fraction of sp³-hybridized carbons (Fsp3) is 0.138. The molecule has 1 saturated carbocycles. The molecule has 0 N–H and O–H groups in total. The van der Waals surface area contributed by atoms with Gasteiger partial charge in [0.15, 0.2) is 0 Å². The minimum atomic E-state index is 0.110. The van der Waals surface area contributed by atoms with E-state index in [9.17, 15) is 0 Å². The van der Waals surface area contributed by atoms with Crippen molar-refractivity contribution in [1.82, 2.24) is 0 Å². The number of benzene rings is 8. The molecule has 0 aliphatic heterocycles. The highest BCUT2D eigenvalue weighted by atomic mass is 15.1. The van der Waals surface area contributed by atoms with Crippen LogP contribution in [0.25, 0.3) is 55.3 Å². The third-order valence-corrected chi connectivity index (χ3v) is 13.3. The van der Waals surface area contributed by atoms with Crippen molar-refractivity contribution in [1.29, 1.82) is 0 Å². The van der Waals surface area contributed by atoms with E-state index in [1.807, 2.05) is 0 Å². The molecule has 0 radical (unpaired) electrons. The standard InChI is InChI=1S/C58H47N/c1-3-19-41(20-4-1)47-26-7-8-27-49(47)50-28-9-10-29-51(50)53-31-12-14-34-57(53)59(44-24-17-23-43(39-44)48-32-18-22-42-21-5-6-25-46(42)48)45-35-36-56-54(40-45)52-30-11-13-33-55(52)58(56)37-15-2-16-38-58/h1,3-8,11-14,17-36,39-40H,2,9-10,15-16,37-38H2. The number of allylic oxidation sites excluding steroid dienone is 4. The van der Waals surface area contributed by atoms with Gasteiger partial charge in [-0.3, -0.25) is 0 Å². The first-order valence-corrected chi connectivity index (χ1v) is 21.5. The molecular formula is C58H47N. The molecule has 0 atom stereocenters. The van der Waals surface area contributed by atoms with Crippen LogP contribution in [0.1, 0.15) is 67.2 Å². The molecule has 11 rings (SSSR count). The summed E-state index contributed by atoms with van der Waals surface area (Å²) in [5.41, 5.74) is 19.5. The van der Waals surface area contributed by atoms with Crippen molar-refractivity contribution in [2.45, 2.75) is 50.4 Å². The van der Waals surface area contributed by atoms with Crippen molar-refractivity contribution >= 4 is 39.0 Å². The van der Waals surface area contributed by atoms with E-state index < -0.39 is 0 Å². The summed E-state index contributed by atoms with van der Waals surface area (Å²) in [7, 11) is 0. The van der Waals surface area contributed by atoms with Crippen LogP contribution in [0.5, 0.6) is 0 Å². The van der Waals surface area contributed by atoms with Crippen molar-refractivity contribution in [3.05, 3.63) is 222 Å². The normalized spacial score (nSPS) is 15.3. The molecule has 0 aromatic heterocycles. The van der Waals surface area contributed by atoms with Gasteiger partial charge >= 0.3 is 0 Å². The van der Waals surface area contributed by atoms with Crippen LogP contribution >= 0.6 is 0 Å². The van der Waals surface area contributed by atoms with Crippen molar-refractivity contribution < 1.29 is 0 Å². The molecule has 1 nitrogen and oxygen atoms in total. The maximum Gasteiger partial charge on any atom is 0.0540 e. The number of nitrogens with zero attached hydrogens (tertiary/aromatic N) is 1. The second kappa shape index (κ2) is 14.9. The predicted octanol–water partition coefficient (Wildman–Crippen LogP) is 16.1. The minimum Gasteiger partial charge on any atom is -0.310 e. The van der Waals surface area contributed by atoms with Crippen LogP contribution in [0.2, 0.25) is 0 Å². The average molecular weight is 758 g/mol. The first-order chi connectivity index (χ1) is 29.3. The van der Waals surface area contributed by atoms with Gasteiger partial charge in [-0.2, -0.15) is 0 Å². The van der Waals surface area contributed by atoms with E-state index in [0.29, 0.717) is 0 Å². The van der Waals surface area contributed by atoms with Crippen LogP contribution < -0.4 is 4.90 Å². The number of fused-ring (bicyclic) bond motifs is 6. The van der Waals surface area contributed by atoms with Crippen LogP contribution in [0, 0.1) is 0 Å². The fourth-order valence-corrected chi connectivity index (χ4v) is 10.7. The lowest BCUT2D eigenvalue weighted by atomic mass is 9.68. The SMILES string of the molecule is C1=C(c2ccccc2-c2ccccc2)C(c2ccccc2N(c2cccc(-c3cccc4ccccc34)c2)c2ccc3c(c2)-c2ccccc2C32CCCCC2)=CCC1. The second-order valence-corrected chi connectivity index (χ2v) is 16.6. The van der Waals surface area contributed by atoms with Gasteiger partial charge in [0.2, 0.25) is 0 Å². The molecule has 8 aromatic carbocycles. The van der Waals surface area contributed by atoms with E-state index >= 15 is 0 Å². The first-order valence-electron chi connectivity index (χ1n) is 21.5. The van der Waals surface area contributed by atoms with Gasteiger partial charge in [-0.25, -0.2) is 0 Å². The molecule has 3 aliphatic carbocycles. The quantitative estimate of drug-likeness (QED) is 0.156. The van der Waals surface area contributed by atoms with E-state index in [-0.39, 0.29) is 5.41 Å². The summed E-state index contributed by atoms with van der Waals surface area (Å²) in [6.07, 6.45) is 13.3. The van der Waals surface area contributed by atoms with Crippen molar-refractivity contribution in [3.8, 4) is 33.4 Å². The summed E-state index contributed by atoms with van der Waals surface area (Å²) in [6, 6.07) is 70.2. The molecule has 8 aromatic rings. The van der Waals surface area contributed by atoms with Gasteiger partial charge in [0.05, 0.1) is 5.69 Å². The lowest BCUT2D eigenvalue weighted by Gasteiger charge is -2.36. The summed E-state index contributed by atoms with van der Waals surface area (Å²) in [5, 5.41) is 2.52. The zero-order chi connectivity index (χ0) is 39.2. The van der Waals surface area contributed by atoms with Crippen LogP contribution in [-0.2, 0) is 5.41 Å². The smallest absolute Gasteiger partial charge is 0.0540 e. The zero-order valence-corrected chi connectivity index (χ0v) is 33.4. The molecule has 0 bridgehead atoms. The van der Waals surface area contributed by atoms with Crippen molar-refractivity contribution in [3.63, 3.8) is 0 Å². The van der Waals surface area contributed by atoms with Gasteiger partial charge in [-0.15, -0.1) is 0 Å². The number of para-hydroxylation sites is 1. The van der Waals surface area contributed by atoms with E-state index in [0.717, 1.165) is 18.5 Å². The van der Waals surface area contributed by atoms with Gasteiger partial charge in [-0.1, -0.05) is 189 Å². The largest absolute Gasteiger partial charge is 0.310 e. The Morgan fingerprint density at radius 2 is 0.966 bits per heavy atom. The van der Waals surface area contributed by atoms with Gasteiger partial charge in [0, 0.05) is 22.4 Å². The number of hydrogen-bond donors (Lipinski definition) is 0. The Labute approximate surface area is 348 Å². The Morgan fingerprint density at radius 1 is 0.373 bits per heavy atom. The summed E-state index contributed by atoms with van der Waals surface area (Å²) >= 11 is 0. The topological polar surface area (TPSA) is 3.24 Å². The molecule has 0 heterocycles. The minimum absolute atomic E-state index is 0.110. The molecular weight excluding hydrogens is 711 g/mol. The maximum absolute atomic E-state index is 2.54. The molecule has 0 amide bonds. The highest BCUT2D eigenvalue weighted by Crippen LogP contribution is 2.57. The molecule has 0 saturated heterocycles. The van der Waals surface area contributed by atoms with E-state index in [1.54, 1.807) is 0 Å². The van der Waals surface area contributed by atoms with E-state index in [4.69, 9.17) is 0 Å². The predicted molar refractivity (Wildman–Crippen MR) is 250 cm³/mol. The lowest BCUT2D eigenvalue weighted by molar-refractivity contribution is 0.353. The second-order valence-electron chi connectivity index (χ2n) is 16.6. The number of rotatable bonds is 7. The van der Waals surface area contributed by atoms with Crippen molar-refractivity contribution in [2.24, 2.45) is 0 Å². The Hall–Kier alpha value is -6.70. The Kier molecular flexibility index (Phi) is 8.96. The fourth-order valence-electron chi connectivity index (χ4n) is 10.7. The molecule has 1 spiro atoms. The Morgan fingerprint density at radius 3 is 1.81 bits per heavy atom. The molecule has 1 fully saturated rings. The maximum atomic E-state index is 2.54. The molecule has 59 heavy (non-hydrogen) atoms. The summed E-state index contributed by atoms with van der Waals surface area (Å²) in [6.45, 7) is 0. The zero-order valence-electron chi connectivity index (χ0n) is 33.4. The van der Waals surface area contributed by atoms with Crippen LogP contribution in [-0.4, -0.2) is 0 Å². The Balaban J connectivity index is 1.11. The van der Waals surface area contributed by atoms with Crippen LogP contribution in [0.4, 0.5) is 17.1 Å². The average Bonchev–Trinajstić information content (AvgIpc) is 3.57. The van der Waals surface area contributed by atoms with Gasteiger partial charge in [-0.05, 0) is 128 Å². The number of hydrogen-bond acceptors (Lipinski definition) is 1. The highest BCUT2D eigenvalue weighted by molar-refractivity contribution is 6.11. The summed E-state index contributed by atoms with van der Waals surface area (Å²) in [5.74, 6) is 0. The first kappa shape index (κ1) is 35.5. The van der Waals surface area contributed by atoms with Gasteiger partial charge in [0.1, 0.15) is 0 Å².